The number of rotatable bonds is 5. The van der Waals surface area contributed by atoms with Crippen molar-refractivity contribution < 1.29 is 4.79 Å². The molecule has 0 saturated carbocycles. The van der Waals surface area contributed by atoms with E-state index in [1.54, 1.807) is 0 Å². The van der Waals surface area contributed by atoms with E-state index in [9.17, 15) is 4.79 Å². The first-order chi connectivity index (χ1) is 8.85. The SMILES string of the molecule is CCC[C@@H](c1ccccc1)c1cccc(C=O)c1. The number of hydrogen-bond acceptors (Lipinski definition) is 1. The van der Waals surface area contributed by atoms with Gasteiger partial charge in [-0.2, -0.15) is 0 Å². The predicted molar refractivity (Wildman–Crippen MR) is 75.0 cm³/mol. The second-order valence-corrected chi connectivity index (χ2v) is 4.54. The minimum absolute atomic E-state index is 0.385. The number of carbonyl (C=O) groups excluding carboxylic acids is 1. The molecule has 0 aliphatic heterocycles. The Morgan fingerprint density at radius 1 is 1.00 bits per heavy atom. The van der Waals surface area contributed by atoms with E-state index < -0.39 is 0 Å². The third-order valence-electron chi connectivity index (χ3n) is 3.23. The zero-order valence-electron chi connectivity index (χ0n) is 10.7. The molecule has 0 aliphatic carbocycles. The van der Waals surface area contributed by atoms with Crippen molar-refractivity contribution in [1.82, 2.24) is 0 Å². The maximum atomic E-state index is 10.9. The second-order valence-electron chi connectivity index (χ2n) is 4.54. The van der Waals surface area contributed by atoms with Crippen LogP contribution in [0.1, 0.15) is 47.2 Å². The average molecular weight is 238 g/mol. The highest BCUT2D eigenvalue weighted by molar-refractivity contribution is 5.75. The van der Waals surface area contributed by atoms with E-state index >= 15 is 0 Å². The van der Waals surface area contributed by atoms with Crippen molar-refractivity contribution in [3.8, 4) is 0 Å². The minimum Gasteiger partial charge on any atom is -0.298 e. The van der Waals surface area contributed by atoms with E-state index in [1.165, 1.54) is 11.1 Å². The lowest BCUT2D eigenvalue weighted by Crippen LogP contribution is -2.01. The Balaban J connectivity index is 2.38. The van der Waals surface area contributed by atoms with Gasteiger partial charge in [-0.1, -0.05) is 61.9 Å². The molecule has 92 valence electrons. The maximum Gasteiger partial charge on any atom is 0.150 e. The first-order valence-electron chi connectivity index (χ1n) is 6.45. The van der Waals surface area contributed by atoms with Gasteiger partial charge in [0.2, 0.25) is 0 Å². The zero-order chi connectivity index (χ0) is 12.8. The lowest BCUT2D eigenvalue weighted by molar-refractivity contribution is 0.112. The van der Waals surface area contributed by atoms with Gasteiger partial charge in [0.1, 0.15) is 6.29 Å². The third kappa shape index (κ3) is 2.86. The van der Waals surface area contributed by atoms with E-state index in [0.717, 1.165) is 24.7 Å². The summed E-state index contributed by atoms with van der Waals surface area (Å²) in [5.41, 5.74) is 3.31. The molecule has 0 heterocycles. The fourth-order valence-corrected chi connectivity index (χ4v) is 2.35. The number of aldehydes is 1. The van der Waals surface area contributed by atoms with Crippen molar-refractivity contribution >= 4 is 6.29 Å². The van der Waals surface area contributed by atoms with Crippen molar-refractivity contribution in [3.63, 3.8) is 0 Å². The quantitative estimate of drug-likeness (QED) is 0.704. The van der Waals surface area contributed by atoms with E-state index in [2.05, 4.69) is 37.3 Å². The van der Waals surface area contributed by atoms with Gasteiger partial charge in [0.15, 0.2) is 0 Å². The Hall–Kier alpha value is -1.89. The van der Waals surface area contributed by atoms with E-state index in [0.29, 0.717) is 5.92 Å². The van der Waals surface area contributed by atoms with Gasteiger partial charge in [0.05, 0.1) is 0 Å². The molecule has 1 heteroatoms. The standard InChI is InChI=1S/C17H18O/c1-2-7-17(15-9-4-3-5-10-15)16-11-6-8-14(12-16)13-18/h3-6,8-13,17H,2,7H2,1H3/t17-/m0/s1. The van der Waals surface area contributed by atoms with Crippen molar-refractivity contribution in [1.29, 1.82) is 0 Å². The predicted octanol–water partition coefficient (Wildman–Crippen LogP) is 4.43. The smallest absolute Gasteiger partial charge is 0.150 e. The molecule has 1 nitrogen and oxygen atoms in total. The van der Waals surface area contributed by atoms with Gasteiger partial charge in [0, 0.05) is 11.5 Å². The lowest BCUT2D eigenvalue weighted by atomic mass is 9.87. The van der Waals surface area contributed by atoms with Crippen LogP contribution in [0.4, 0.5) is 0 Å². The molecule has 2 rings (SSSR count). The summed E-state index contributed by atoms with van der Waals surface area (Å²) in [6.45, 7) is 2.19. The van der Waals surface area contributed by atoms with Gasteiger partial charge in [-0.25, -0.2) is 0 Å². The first-order valence-corrected chi connectivity index (χ1v) is 6.45. The highest BCUT2D eigenvalue weighted by atomic mass is 16.1. The Morgan fingerprint density at radius 3 is 2.39 bits per heavy atom. The summed E-state index contributed by atoms with van der Waals surface area (Å²) < 4.78 is 0. The average Bonchev–Trinajstić information content (AvgIpc) is 2.46. The number of benzene rings is 2. The summed E-state index contributed by atoms with van der Waals surface area (Å²) in [5.74, 6) is 0.385. The third-order valence-corrected chi connectivity index (χ3v) is 3.23. The summed E-state index contributed by atoms with van der Waals surface area (Å²) in [5, 5.41) is 0. The maximum absolute atomic E-state index is 10.9. The van der Waals surface area contributed by atoms with Gasteiger partial charge >= 0.3 is 0 Å². The Bertz CT molecular complexity index is 502. The van der Waals surface area contributed by atoms with Gasteiger partial charge in [-0.15, -0.1) is 0 Å². The second kappa shape index (κ2) is 6.15. The topological polar surface area (TPSA) is 17.1 Å². The molecule has 1 atom stereocenters. The molecule has 0 fully saturated rings. The minimum atomic E-state index is 0.385. The van der Waals surface area contributed by atoms with E-state index in [-0.39, 0.29) is 0 Å². The summed E-state index contributed by atoms with van der Waals surface area (Å²) in [6, 6.07) is 18.4. The molecule has 0 aromatic heterocycles. The molecule has 0 unspecified atom stereocenters. The Morgan fingerprint density at radius 2 is 1.72 bits per heavy atom. The monoisotopic (exact) mass is 238 g/mol. The van der Waals surface area contributed by atoms with Gasteiger partial charge in [-0.05, 0) is 23.6 Å². The molecule has 0 saturated heterocycles. The first kappa shape index (κ1) is 12.6. The molecule has 0 aliphatic rings. The van der Waals surface area contributed by atoms with Crippen LogP contribution >= 0.6 is 0 Å². The Labute approximate surface area is 108 Å². The van der Waals surface area contributed by atoms with Gasteiger partial charge in [-0.3, -0.25) is 4.79 Å². The van der Waals surface area contributed by atoms with Crippen LogP contribution in [0.15, 0.2) is 54.6 Å². The molecule has 0 spiro atoms. The molecule has 2 aromatic carbocycles. The molecule has 2 aromatic rings. The molecule has 18 heavy (non-hydrogen) atoms. The highest BCUT2D eigenvalue weighted by Crippen LogP contribution is 2.29. The van der Waals surface area contributed by atoms with E-state index in [4.69, 9.17) is 0 Å². The van der Waals surface area contributed by atoms with E-state index in [1.807, 2.05) is 24.3 Å². The number of hydrogen-bond donors (Lipinski definition) is 0. The van der Waals surface area contributed by atoms with Crippen molar-refractivity contribution in [2.24, 2.45) is 0 Å². The van der Waals surface area contributed by atoms with Crippen LogP contribution < -0.4 is 0 Å². The van der Waals surface area contributed by atoms with Crippen LogP contribution in [-0.2, 0) is 0 Å². The van der Waals surface area contributed by atoms with Gasteiger partial charge < -0.3 is 0 Å². The summed E-state index contributed by atoms with van der Waals surface area (Å²) in [6.07, 6.45) is 3.15. The fourth-order valence-electron chi connectivity index (χ4n) is 2.35. The highest BCUT2D eigenvalue weighted by Gasteiger charge is 2.13. The fraction of sp³-hybridized carbons (Fsp3) is 0.235. The van der Waals surface area contributed by atoms with Crippen LogP contribution in [-0.4, -0.2) is 6.29 Å². The summed E-state index contributed by atoms with van der Waals surface area (Å²) >= 11 is 0. The Kier molecular flexibility index (Phi) is 4.30. The molecule has 0 N–H and O–H groups in total. The van der Waals surface area contributed by atoms with Crippen LogP contribution in [0, 0.1) is 0 Å². The normalized spacial score (nSPS) is 12.1. The van der Waals surface area contributed by atoms with Crippen LogP contribution in [0.2, 0.25) is 0 Å². The largest absolute Gasteiger partial charge is 0.298 e. The van der Waals surface area contributed by atoms with Gasteiger partial charge in [0.25, 0.3) is 0 Å². The number of carbonyl (C=O) groups is 1. The molecular formula is C17H18O. The zero-order valence-corrected chi connectivity index (χ0v) is 10.7. The molecular weight excluding hydrogens is 220 g/mol. The van der Waals surface area contributed by atoms with Crippen LogP contribution in [0.25, 0.3) is 0 Å². The van der Waals surface area contributed by atoms with Crippen molar-refractivity contribution in [2.45, 2.75) is 25.7 Å². The van der Waals surface area contributed by atoms with Crippen molar-refractivity contribution in [3.05, 3.63) is 71.3 Å². The summed E-state index contributed by atoms with van der Waals surface area (Å²) in [4.78, 5) is 10.9. The molecule has 0 radical (unpaired) electrons. The summed E-state index contributed by atoms with van der Waals surface area (Å²) in [7, 11) is 0. The van der Waals surface area contributed by atoms with Crippen molar-refractivity contribution in [2.75, 3.05) is 0 Å². The van der Waals surface area contributed by atoms with Crippen LogP contribution in [0.3, 0.4) is 0 Å². The molecule has 0 amide bonds. The lowest BCUT2D eigenvalue weighted by Gasteiger charge is -2.17. The molecule has 0 bridgehead atoms. The van der Waals surface area contributed by atoms with Crippen LogP contribution in [0.5, 0.6) is 0 Å².